The number of fused-ring (bicyclic) bond motifs is 3. The number of hydrogen-bond donors (Lipinski definition) is 1. The number of carbonyl (C=O) groups excluding carboxylic acids is 4. The van der Waals surface area contributed by atoms with Crippen molar-refractivity contribution in [3.8, 4) is 5.88 Å². The number of benzene rings is 1. The first-order valence-corrected chi connectivity index (χ1v) is 20.2. The molecule has 280 valence electrons. The van der Waals surface area contributed by atoms with E-state index in [1.165, 1.54) is 4.90 Å². The first-order valence-electron chi connectivity index (χ1n) is 18.6. The lowest BCUT2D eigenvalue weighted by molar-refractivity contribution is -0.153. The van der Waals surface area contributed by atoms with E-state index in [0.29, 0.717) is 18.7 Å². The van der Waals surface area contributed by atoms with Gasteiger partial charge in [-0.05, 0) is 72.9 Å². The Hall–Kier alpha value is -4.06. The number of allylic oxidation sites excluding steroid dienone is 2. The van der Waals surface area contributed by atoms with Crippen LogP contribution in [0.15, 0.2) is 49.2 Å². The van der Waals surface area contributed by atoms with Crippen LogP contribution in [0.5, 0.6) is 5.88 Å². The van der Waals surface area contributed by atoms with Gasteiger partial charge in [0.1, 0.15) is 6.10 Å². The molecule has 4 bridgehead atoms. The number of aromatic nitrogens is 1. The van der Waals surface area contributed by atoms with Crippen molar-refractivity contribution < 1.29 is 37.1 Å². The third kappa shape index (κ3) is 8.43. The Kier molecular flexibility index (Phi) is 11.0. The number of amides is 2. The number of esters is 1. The van der Waals surface area contributed by atoms with Gasteiger partial charge < -0.3 is 14.4 Å². The highest BCUT2D eigenvalue weighted by molar-refractivity contribution is 7.90. The topological polar surface area (TPSA) is 149 Å². The van der Waals surface area contributed by atoms with Crippen LogP contribution in [-0.2, 0) is 33.9 Å². The van der Waals surface area contributed by atoms with Gasteiger partial charge in [-0.2, -0.15) is 0 Å². The molecule has 4 aliphatic rings. The molecule has 11 nitrogen and oxygen atoms in total. The van der Waals surface area contributed by atoms with E-state index in [1.54, 1.807) is 12.3 Å². The van der Waals surface area contributed by atoms with Gasteiger partial charge in [-0.3, -0.25) is 23.9 Å². The maximum Gasteiger partial charge on any atom is 0.306 e. The predicted octanol–water partition coefficient (Wildman–Crippen LogP) is 5.92. The first kappa shape index (κ1) is 37.7. The number of cyclic esters (lactones) is 1. The summed E-state index contributed by atoms with van der Waals surface area (Å²) in [5, 5.41) is 1.14. The minimum atomic E-state index is -3.84. The van der Waals surface area contributed by atoms with E-state index < -0.39 is 56.0 Å². The molecule has 5 atom stereocenters. The smallest absolute Gasteiger partial charge is 0.306 e. The molecule has 1 aromatic heterocycles. The number of Topliss-reactive ketones (excluding diaryl/α,β-unsaturated/α-hetero) is 1. The molecular formula is C40H51N3O8S. The number of ether oxygens (including phenoxy) is 2. The lowest BCUT2D eigenvalue weighted by atomic mass is 9.77. The summed E-state index contributed by atoms with van der Waals surface area (Å²) < 4.78 is 39.8. The van der Waals surface area contributed by atoms with Crippen molar-refractivity contribution in [2.45, 2.75) is 109 Å². The largest absolute Gasteiger partial charge is 0.472 e. The second-order valence-corrected chi connectivity index (χ2v) is 18.0. The quantitative estimate of drug-likeness (QED) is 0.271. The fourth-order valence-corrected chi connectivity index (χ4v) is 8.95. The highest BCUT2D eigenvalue weighted by atomic mass is 32.2. The van der Waals surface area contributed by atoms with E-state index in [-0.39, 0.29) is 56.4 Å². The summed E-state index contributed by atoms with van der Waals surface area (Å²) in [6.07, 6.45) is 12.4. The summed E-state index contributed by atoms with van der Waals surface area (Å²) in [5.41, 5.74) is -0.923. The second-order valence-electron chi connectivity index (χ2n) is 16.0. The lowest BCUT2D eigenvalue weighted by Gasteiger charge is -2.34. The monoisotopic (exact) mass is 733 g/mol. The minimum Gasteiger partial charge on any atom is -0.472 e. The van der Waals surface area contributed by atoms with Gasteiger partial charge in [-0.15, -0.1) is 6.58 Å². The number of pyridine rings is 1. The number of rotatable bonds is 7. The lowest BCUT2D eigenvalue weighted by Crippen LogP contribution is -2.48. The van der Waals surface area contributed by atoms with E-state index in [1.807, 2.05) is 45.0 Å². The van der Waals surface area contributed by atoms with Crippen LogP contribution in [0.3, 0.4) is 0 Å². The van der Waals surface area contributed by atoms with Crippen LogP contribution in [-0.4, -0.2) is 72.4 Å². The minimum absolute atomic E-state index is 0.0642. The number of ketones is 1. The SMILES string of the molecule is C=C[C@H]1C[C@]1(CC(=O)[C@@H]1C[C@@H]2CN1C(=O)[C@H](C(C)(C)C)CC(=O)OCCCCCC/C=C/c1ccc3ccnc(c3c1)O2)C(=O)NS(=O)(=O)C1CC1. The Morgan fingerprint density at radius 3 is 2.60 bits per heavy atom. The van der Waals surface area contributed by atoms with Gasteiger partial charge in [0.05, 0.1) is 42.2 Å². The zero-order valence-electron chi connectivity index (χ0n) is 30.5. The van der Waals surface area contributed by atoms with Crippen molar-refractivity contribution in [2.75, 3.05) is 13.2 Å². The molecule has 0 spiro atoms. The van der Waals surface area contributed by atoms with Crippen LogP contribution in [0.4, 0.5) is 0 Å². The molecule has 3 fully saturated rings. The Morgan fingerprint density at radius 2 is 1.88 bits per heavy atom. The van der Waals surface area contributed by atoms with E-state index in [0.717, 1.165) is 48.4 Å². The molecule has 2 amide bonds. The van der Waals surface area contributed by atoms with Gasteiger partial charge in [0.25, 0.3) is 0 Å². The molecule has 1 saturated heterocycles. The molecule has 1 aromatic carbocycles. The predicted molar refractivity (Wildman–Crippen MR) is 197 cm³/mol. The maximum atomic E-state index is 14.6. The Bertz CT molecular complexity index is 1860. The van der Waals surface area contributed by atoms with E-state index in [2.05, 4.69) is 28.4 Å². The van der Waals surface area contributed by atoms with Crippen molar-refractivity contribution in [3.05, 3.63) is 54.8 Å². The van der Waals surface area contributed by atoms with Gasteiger partial charge in [0, 0.05) is 24.4 Å². The maximum absolute atomic E-state index is 14.6. The van der Waals surface area contributed by atoms with E-state index in [9.17, 15) is 27.6 Å². The average Bonchev–Trinajstić information content (AvgIpc) is 4.02. The second kappa shape index (κ2) is 15.1. The van der Waals surface area contributed by atoms with Crippen molar-refractivity contribution >= 4 is 50.4 Å². The molecule has 0 radical (unpaired) electrons. The third-order valence-electron chi connectivity index (χ3n) is 11.1. The molecule has 6 rings (SSSR count). The Balaban J connectivity index is 1.32. The molecular weight excluding hydrogens is 683 g/mol. The summed E-state index contributed by atoms with van der Waals surface area (Å²) in [5.74, 6) is -2.71. The molecule has 2 aliphatic heterocycles. The highest BCUT2D eigenvalue weighted by Gasteiger charge is 2.61. The van der Waals surface area contributed by atoms with Crippen molar-refractivity contribution in [2.24, 2.45) is 22.7 Å². The molecule has 3 heterocycles. The van der Waals surface area contributed by atoms with Crippen molar-refractivity contribution in [1.29, 1.82) is 0 Å². The van der Waals surface area contributed by atoms with Crippen molar-refractivity contribution in [1.82, 2.24) is 14.6 Å². The Labute approximate surface area is 306 Å². The number of hydrogen-bond acceptors (Lipinski definition) is 9. The van der Waals surface area contributed by atoms with Crippen LogP contribution >= 0.6 is 0 Å². The summed E-state index contributed by atoms with van der Waals surface area (Å²) in [4.78, 5) is 61.7. The standard InChI is InChI=1S/C40H51N3O8S/c1-5-28-23-40(28,38(47)42-52(48,49)30-15-16-30)24-34(44)33-21-29-25-43(33)37(46)32(39(2,3)4)22-35(45)50-19-11-9-7-6-8-10-12-26-13-14-27-17-18-41-36(51-29)31(27)20-26/h5,10,12-14,17-18,20,28-30,32-33H,1,6-9,11,15-16,19,21-25H2,2-4H3,(H,42,47)/b12-10+/t28-,29+,32+,33-,40+/m0/s1. The molecule has 1 N–H and O–H groups in total. The number of carbonyl (C=O) groups is 4. The normalized spacial score (nSPS) is 28.3. The molecule has 2 saturated carbocycles. The Morgan fingerprint density at radius 1 is 1.12 bits per heavy atom. The molecule has 2 aliphatic carbocycles. The van der Waals surface area contributed by atoms with Gasteiger partial charge in [0.2, 0.25) is 27.7 Å². The summed E-state index contributed by atoms with van der Waals surface area (Å²) >= 11 is 0. The number of sulfonamides is 1. The van der Waals surface area contributed by atoms with Crippen LogP contribution in [0.25, 0.3) is 16.8 Å². The van der Waals surface area contributed by atoms with E-state index in [4.69, 9.17) is 9.47 Å². The highest BCUT2D eigenvalue weighted by Crippen LogP contribution is 2.57. The zero-order chi connectivity index (χ0) is 37.3. The van der Waals surface area contributed by atoms with Gasteiger partial charge in [-0.25, -0.2) is 13.4 Å². The van der Waals surface area contributed by atoms with Crippen LogP contribution in [0, 0.1) is 22.7 Å². The summed E-state index contributed by atoms with van der Waals surface area (Å²) in [6.45, 7) is 9.82. The number of nitrogens with one attached hydrogen (secondary N) is 1. The van der Waals surface area contributed by atoms with Gasteiger partial charge in [0.15, 0.2) is 5.78 Å². The van der Waals surface area contributed by atoms with Crippen LogP contribution in [0.1, 0.15) is 97.0 Å². The first-order chi connectivity index (χ1) is 24.7. The van der Waals surface area contributed by atoms with Crippen molar-refractivity contribution in [3.63, 3.8) is 0 Å². The van der Waals surface area contributed by atoms with Crippen LogP contribution in [0.2, 0.25) is 0 Å². The average molecular weight is 734 g/mol. The summed E-state index contributed by atoms with van der Waals surface area (Å²) in [7, 11) is -3.84. The fraction of sp³-hybridized carbons (Fsp3) is 0.575. The summed E-state index contributed by atoms with van der Waals surface area (Å²) in [6, 6.07) is 7.01. The van der Waals surface area contributed by atoms with Gasteiger partial charge in [-0.1, -0.05) is 64.0 Å². The zero-order valence-corrected chi connectivity index (χ0v) is 31.3. The molecule has 2 aromatic rings. The fourth-order valence-electron chi connectivity index (χ4n) is 7.57. The van der Waals surface area contributed by atoms with E-state index >= 15 is 0 Å². The molecule has 0 unspecified atom stereocenters. The molecule has 52 heavy (non-hydrogen) atoms. The third-order valence-corrected chi connectivity index (χ3v) is 12.9. The van der Waals surface area contributed by atoms with Crippen LogP contribution < -0.4 is 9.46 Å². The molecule has 12 heteroatoms. The number of nitrogens with zero attached hydrogens (tertiary/aromatic N) is 2. The van der Waals surface area contributed by atoms with Gasteiger partial charge >= 0.3 is 5.97 Å².